The highest BCUT2D eigenvalue weighted by Gasteiger charge is 2.22. The average Bonchev–Trinajstić information content (AvgIpc) is 3.43. The molecule has 1 aliphatic carbocycles. The predicted molar refractivity (Wildman–Crippen MR) is 130 cm³/mol. The molecular weight excluding hydrogens is 493 g/mol. The Morgan fingerprint density at radius 3 is 2.77 bits per heavy atom. The third-order valence-electron chi connectivity index (χ3n) is 4.76. The number of nitrogens with zero attached hydrogens (tertiary/aromatic N) is 3. The van der Waals surface area contributed by atoms with Gasteiger partial charge in [0.05, 0.1) is 13.2 Å². The third-order valence-corrected chi connectivity index (χ3v) is 4.76. The molecule has 1 heterocycles. The molecule has 1 fully saturated rings. The van der Waals surface area contributed by atoms with Gasteiger partial charge in [0, 0.05) is 31.0 Å². The maximum atomic E-state index is 5.99. The molecule has 0 spiro atoms. The monoisotopic (exact) mass is 527 g/mol. The normalized spacial score (nSPS) is 13.8. The van der Waals surface area contributed by atoms with Crippen molar-refractivity contribution in [1.29, 1.82) is 0 Å². The average molecular weight is 527 g/mol. The molecule has 1 aliphatic rings. The summed E-state index contributed by atoms with van der Waals surface area (Å²) in [5, 5.41) is 10.7. The van der Waals surface area contributed by atoms with Gasteiger partial charge in [-0.2, -0.15) is 4.98 Å². The number of benzene rings is 1. The number of guanidine groups is 1. The summed E-state index contributed by atoms with van der Waals surface area (Å²) in [6, 6.07) is 8.16. The van der Waals surface area contributed by atoms with Crippen LogP contribution in [0.25, 0.3) is 0 Å². The van der Waals surface area contributed by atoms with E-state index in [4.69, 9.17) is 14.3 Å². The number of aliphatic imine (C=N–C) groups is 1. The Kier molecular flexibility index (Phi) is 10.4. The molecule has 0 unspecified atom stereocenters. The molecule has 0 saturated heterocycles. The van der Waals surface area contributed by atoms with Crippen LogP contribution in [-0.2, 0) is 13.0 Å². The fraction of sp³-hybridized carbons (Fsp3) is 0.591. The van der Waals surface area contributed by atoms with Gasteiger partial charge in [0.1, 0.15) is 5.75 Å². The SMILES string of the molecule is CCNC(=NCc1ccccc1OCC1CC1)NCCCc1nc(C(C)C)no1.I. The van der Waals surface area contributed by atoms with E-state index in [9.17, 15) is 0 Å². The summed E-state index contributed by atoms with van der Waals surface area (Å²) in [6.07, 6.45) is 4.23. The Hall–Kier alpha value is -1.84. The molecule has 30 heavy (non-hydrogen) atoms. The Morgan fingerprint density at radius 2 is 2.07 bits per heavy atom. The Labute approximate surface area is 196 Å². The molecule has 3 rings (SSSR count). The number of para-hydroxylation sites is 1. The summed E-state index contributed by atoms with van der Waals surface area (Å²) in [5.41, 5.74) is 1.11. The molecule has 1 saturated carbocycles. The van der Waals surface area contributed by atoms with Crippen molar-refractivity contribution in [2.75, 3.05) is 19.7 Å². The van der Waals surface area contributed by atoms with Crippen LogP contribution in [0.3, 0.4) is 0 Å². The van der Waals surface area contributed by atoms with Crippen molar-refractivity contribution < 1.29 is 9.26 Å². The van der Waals surface area contributed by atoms with E-state index in [2.05, 4.69) is 47.6 Å². The van der Waals surface area contributed by atoms with Gasteiger partial charge in [-0.25, -0.2) is 4.99 Å². The zero-order valence-electron chi connectivity index (χ0n) is 18.2. The molecular formula is C22H34IN5O2. The molecule has 2 N–H and O–H groups in total. The van der Waals surface area contributed by atoms with Crippen LogP contribution in [0.15, 0.2) is 33.8 Å². The first kappa shape index (κ1) is 24.4. The zero-order valence-corrected chi connectivity index (χ0v) is 20.5. The second kappa shape index (κ2) is 12.8. The minimum atomic E-state index is 0. The summed E-state index contributed by atoms with van der Waals surface area (Å²) in [7, 11) is 0. The Morgan fingerprint density at radius 1 is 1.27 bits per heavy atom. The zero-order chi connectivity index (χ0) is 20.5. The summed E-state index contributed by atoms with van der Waals surface area (Å²) in [4.78, 5) is 9.14. The topological polar surface area (TPSA) is 84.6 Å². The van der Waals surface area contributed by atoms with Crippen molar-refractivity contribution >= 4 is 29.9 Å². The molecule has 8 heteroatoms. The number of rotatable bonds is 11. The number of nitrogens with one attached hydrogen (secondary N) is 2. The third kappa shape index (κ3) is 8.12. The molecule has 2 aromatic rings. The van der Waals surface area contributed by atoms with E-state index in [1.165, 1.54) is 12.8 Å². The maximum absolute atomic E-state index is 5.99. The van der Waals surface area contributed by atoms with Crippen LogP contribution in [0.1, 0.15) is 63.2 Å². The van der Waals surface area contributed by atoms with Crippen molar-refractivity contribution in [3.8, 4) is 5.75 Å². The van der Waals surface area contributed by atoms with Crippen LogP contribution in [0, 0.1) is 5.92 Å². The molecule has 166 valence electrons. The van der Waals surface area contributed by atoms with Crippen LogP contribution in [0.2, 0.25) is 0 Å². The van der Waals surface area contributed by atoms with E-state index in [-0.39, 0.29) is 29.9 Å². The quantitative estimate of drug-likeness (QED) is 0.196. The second-order valence-corrected chi connectivity index (χ2v) is 7.79. The van der Waals surface area contributed by atoms with E-state index < -0.39 is 0 Å². The van der Waals surface area contributed by atoms with E-state index in [1.807, 2.05) is 18.2 Å². The van der Waals surface area contributed by atoms with Crippen molar-refractivity contribution in [2.24, 2.45) is 10.9 Å². The number of aromatic nitrogens is 2. The first-order valence-corrected chi connectivity index (χ1v) is 10.7. The fourth-order valence-electron chi connectivity index (χ4n) is 2.82. The first-order chi connectivity index (χ1) is 14.2. The van der Waals surface area contributed by atoms with Crippen molar-refractivity contribution in [3.05, 3.63) is 41.5 Å². The van der Waals surface area contributed by atoms with Crippen LogP contribution >= 0.6 is 24.0 Å². The molecule has 1 aromatic heterocycles. The molecule has 0 amide bonds. The van der Waals surface area contributed by atoms with Gasteiger partial charge in [-0.15, -0.1) is 24.0 Å². The van der Waals surface area contributed by atoms with Crippen molar-refractivity contribution in [1.82, 2.24) is 20.8 Å². The highest BCUT2D eigenvalue weighted by molar-refractivity contribution is 14.0. The number of hydrogen-bond acceptors (Lipinski definition) is 5. The second-order valence-electron chi connectivity index (χ2n) is 7.79. The van der Waals surface area contributed by atoms with Crippen molar-refractivity contribution in [2.45, 2.75) is 58.9 Å². The highest BCUT2D eigenvalue weighted by Crippen LogP contribution is 2.30. The fourth-order valence-corrected chi connectivity index (χ4v) is 2.82. The van der Waals surface area contributed by atoms with Gasteiger partial charge < -0.3 is 19.9 Å². The lowest BCUT2D eigenvalue weighted by atomic mass is 10.2. The maximum Gasteiger partial charge on any atom is 0.226 e. The minimum absolute atomic E-state index is 0. The van der Waals surface area contributed by atoms with Crippen molar-refractivity contribution in [3.63, 3.8) is 0 Å². The number of hydrogen-bond donors (Lipinski definition) is 2. The smallest absolute Gasteiger partial charge is 0.226 e. The predicted octanol–water partition coefficient (Wildman–Crippen LogP) is 4.29. The minimum Gasteiger partial charge on any atom is -0.493 e. The van der Waals surface area contributed by atoms with Gasteiger partial charge in [-0.1, -0.05) is 37.2 Å². The van der Waals surface area contributed by atoms with E-state index in [0.717, 1.165) is 61.6 Å². The van der Waals surface area contributed by atoms with Gasteiger partial charge in [0.15, 0.2) is 11.8 Å². The summed E-state index contributed by atoms with van der Waals surface area (Å²) in [5.74, 6) is 4.23. The van der Waals surface area contributed by atoms with Gasteiger partial charge >= 0.3 is 0 Å². The Balaban J connectivity index is 0.00000320. The lowest BCUT2D eigenvalue weighted by molar-refractivity contribution is 0.297. The molecule has 0 radical (unpaired) electrons. The number of aryl methyl sites for hydroxylation is 1. The molecule has 7 nitrogen and oxygen atoms in total. The van der Waals surface area contributed by atoms with Gasteiger partial charge in [0.25, 0.3) is 0 Å². The first-order valence-electron chi connectivity index (χ1n) is 10.7. The van der Waals surface area contributed by atoms with Crippen LogP contribution in [0.4, 0.5) is 0 Å². The number of halogens is 1. The van der Waals surface area contributed by atoms with Crippen LogP contribution in [-0.4, -0.2) is 35.8 Å². The molecule has 0 aliphatic heterocycles. The standard InChI is InChI=1S/C22H33N5O2.HI/c1-4-23-22(24-13-7-10-20-26-21(16(2)3)27-29-20)25-14-18-8-5-6-9-19(18)28-15-17-11-12-17;/h5-6,8-9,16-17H,4,7,10-15H2,1-3H3,(H2,23,24,25);1H. The van der Waals surface area contributed by atoms with Crippen LogP contribution < -0.4 is 15.4 Å². The summed E-state index contributed by atoms with van der Waals surface area (Å²) < 4.78 is 11.3. The molecule has 0 atom stereocenters. The summed E-state index contributed by atoms with van der Waals surface area (Å²) in [6.45, 7) is 9.17. The summed E-state index contributed by atoms with van der Waals surface area (Å²) >= 11 is 0. The Bertz CT molecular complexity index is 789. The molecule has 1 aromatic carbocycles. The molecule has 0 bridgehead atoms. The lowest BCUT2D eigenvalue weighted by Crippen LogP contribution is -2.37. The van der Waals surface area contributed by atoms with Gasteiger partial charge in [0.2, 0.25) is 5.89 Å². The van der Waals surface area contributed by atoms with E-state index in [1.54, 1.807) is 0 Å². The van der Waals surface area contributed by atoms with Gasteiger partial charge in [-0.3, -0.25) is 0 Å². The number of ether oxygens (including phenoxy) is 1. The van der Waals surface area contributed by atoms with Crippen LogP contribution in [0.5, 0.6) is 5.75 Å². The largest absolute Gasteiger partial charge is 0.493 e. The van der Waals surface area contributed by atoms with E-state index >= 15 is 0 Å². The van der Waals surface area contributed by atoms with E-state index in [0.29, 0.717) is 12.4 Å². The highest BCUT2D eigenvalue weighted by atomic mass is 127. The lowest BCUT2D eigenvalue weighted by Gasteiger charge is -2.12. The van der Waals surface area contributed by atoms with Gasteiger partial charge in [-0.05, 0) is 38.2 Å².